The summed E-state index contributed by atoms with van der Waals surface area (Å²) in [6.07, 6.45) is 0. The second-order valence-corrected chi connectivity index (χ2v) is 27.3. The van der Waals surface area contributed by atoms with Gasteiger partial charge in [0.1, 0.15) is 46.0 Å². The summed E-state index contributed by atoms with van der Waals surface area (Å²) in [5, 5.41) is 31.8. The van der Waals surface area contributed by atoms with Crippen molar-refractivity contribution < 1.29 is 57.6 Å². The number of hydrogen-bond donors (Lipinski definition) is 3. The van der Waals surface area contributed by atoms with E-state index < -0.39 is 8.32 Å². The van der Waals surface area contributed by atoms with E-state index in [1.165, 1.54) is 7.11 Å². The fourth-order valence-corrected chi connectivity index (χ4v) is 15.2. The summed E-state index contributed by atoms with van der Waals surface area (Å²) in [6.45, 7) is 30.0. The number of aryl methyl sites for hydroxylation is 2. The minimum absolute atomic E-state index is 0.00256. The minimum Gasteiger partial charge on any atom is -0.540 e. The molecule has 0 heterocycles. The van der Waals surface area contributed by atoms with Crippen LogP contribution < -0.4 is 42.3 Å². The van der Waals surface area contributed by atoms with E-state index >= 15 is 0 Å². The predicted molar refractivity (Wildman–Crippen MR) is 312 cm³/mol. The smallest absolute Gasteiger partial charge is 0.258 e. The maximum absolute atomic E-state index is 11.3. The summed E-state index contributed by atoms with van der Waals surface area (Å²) in [4.78, 5) is 0. The van der Waals surface area contributed by atoms with E-state index in [2.05, 4.69) is 81.4 Å². The second-order valence-electron chi connectivity index (χ2n) is 21.9. The largest absolute Gasteiger partial charge is 0.540 e. The van der Waals surface area contributed by atoms with Crippen molar-refractivity contribution >= 4 is 8.32 Å². The van der Waals surface area contributed by atoms with Crippen LogP contribution in [0.5, 0.6) is 69.0 Å². The Morgan fingerprint density at radius 3 is 1.25 bits per heavy atom. The molecule has 13 heteroatoms. The maximum atomic E-state index is 11.3. The normalized spacial score (nSPS) is 11.5. The second kappa shape index (κ2) is 25.8. The van der Waals surface area contributed by atoms with Crippen LogP contribution in [0.15, 0.2) is 84.9 Å². The zero-order valence-corrected chi connectivity index (χ0v) is 50.3. The van der Waals surface area contributed by atoms with Crippen LogP contribution in [-0.4, -0.2) is 80.5 Å². The number of phenols is 3. The van der Waals surface area contributed by atoms with Crippen LogP contribution in [0.25, 0.3) is 33.4 Å². The highest BCUT2D eigenvalue weighted by atomic mass is 28.4. The molecule has 0 aliphatic carbocycles. The molecule has 414 valence electrons. The molecule has 3 N–H and O–H groups in total. The van der Waals surface area contributed by atoms with Crippen LogP contribution in [-0.2, 0) is 10.8 Å². The van der Waals surface area contributed by atoms with Gasteiger partial charge in [-0.15, -0.1) is 0 Å². The van der Waals surface area contributed by atoms with E-state index in [1.54, 1.807) is 80.1 Å². The molecule has 0 unspecified atom stereocenters. The molecule has 0 spiro atoms. The molecule has 0 saturated carbocycles. The molecule has 6 aromatic rings. The van der Waals surface area contributed by atoms with Crippen molar-refractivity contribution in [3.05, 3.63) is 107 Å². The molecule has 76 heavy (non-hydrogen) atoms. The lowest BCUT2D eigenvalue weighted by atomic mass is 9.83. The van der Waals surface area contributed by atoms with E-state index in [1.807, 2.05) is 70.2 Å². The first-order valence-electron chi connectivity index (χ1n) is 25.7. The molecule has 0 fully saturated rings. The highest BCUT2D eigenvalue weighted by Crippen LogP contribution is 2.52. The average molecular weight is 1060 g/mol. The molecule has 6 rings (SSSR count). The van der Waals surface area contributed by atoms with Gasteiger partial charge in [-0.2, -0.15) is 0 Å². The Morgan fingerprint density at radius 1 is 0.368 bits per heavy atom. The Hall–Kier alpha value is -6.86. The molecule has 0 saturated heterocycles. The van der Waals surface area contributed by atoms with Gasteiger partial charge < -0.3 is 57.6 Å². The van der Waals surface area contributed by atoms with Crippen LogP contribution in [0.2, 0.25) is 16.6 Å². The molecule has 0 bridgehead atoms. The summed E-state index contributed by atoms with van der Waals surface area (Å²) in [5.41, 5.74) is 8.99. The van der Waals surface area contributed by atoms with E-state index in [-0.39, 0.29) is 22.3 Å². The third kappa shape index (κ3) is 13.8. The zero-order chi connectivity index (χ0) is 57.2. The standard InChI is InChI=1S/C27H32O6.C25H38O4Si.C11H16O2/c1-15-9-19(26(29)24(10-15)33-8)17-13-18(23(32-7)14-22(17)31-6)20-11-16(30-5)12-21(25(20)28)27(2,3)4;1-16(2)30(17(3)4,18(5)6)29-25-22(13-19(7)14-24(25)28-10)21-12-11-20(26-8)15-23(21)27-9;1-11(2,3)9-7-8(13-4)5-6-10(9)12/h9-14,28-29H,1-8H3;11-18H,1-10H3;5-7,12H,1-4H3. The van der Waals surface area contributed by atoms with E-state index in [4.69, 9.17) is 42.3 Å². The summed E-state index contributed by atoms with van der Waals surface area (Å²) < 4.78 is 51.3. The molecular weight excluding hydrogens is 977 g/mol. The lowest BCUT2D eigenvalue weighted by molar-refractivity contribution is 0.373. The Labute approximate surface area is 454 Å². The zero-order valence-electron chi connectivity index (χ0n) is 49.3. The van der Waals surface area contributed by atoms with Gasteiger partial charge >= 0.3 is 0 Å². The van der Waals surface area contributed by atoms with Gasteiger partial charge in [0.05, 0.1) is 56.9 Å². The molecule has 0 radical (unpaired) electrons. The Balaban J connectivity index is 0.000000268. The number of ether oxygens (including phenoxy) is 8. The van der Waals surface area contributed by atoms with Gasteiger partial charge in [0.2, 0.25) is 0 Å². The summed E-state index contributed by atoms with van der Waals surface area (Å²) >= 11 is 0. The Morgan fingerprint density at radius 2 is 0.789 bits per heavy atom. The van der Waals surface area contributed by atoms with E-state index in [0.717, 1.165) is 62.1 Å². The van der Waals surface area contributed by atoms with Gasteiger partial charge in [0.15, 0.2) is 23.0 Å². The van der Waals surface area contributed by atoms with Crippen molar-refractivity contribution in [2.45, 2.75) is 124 Å². The molecular formula is C63H86O12Si. The molecule has 0 amide bonds. The van der Waals surface area contributed by atoms with E-state index in [0.29, 0.717) is 67.6 Å². The number of benzene rings is 6. The van der Waals surface area contributed by atoms with Gasteiger partial charge in [-0.3, -0.25) is 0 Å². The van der Waals surface area contributed by atoms with Gasteiger partial charge in [0.25, 0.3) is 8.32 Å². The number of aromatic hydroxyl groups is 3. The third-order valence-corrected chi connectivity index (χ3v) is 19.8. The lowest BCUT2D eigenvalue weighted by Gasteiger charge is -2.43. The van der Waals surface area contributed by atoms with Crippen LogP contribution in [0.3, 0.4) is 0 Å². The van der Waals surface area contributed by atoms with Crippen LogP contribution in [0.1, 0.15) is 105 Å². The van der Waals surface area contributed by atoms with Gasteiger partial charge in [-0.05, 0) is 125 Å². The van der Waals surface area contributed by atoms with E-state index in [9.17, 15) is 15.3 Å². The minimum atomic E-state index is -2.19. The van der Waals surface area contributed by atoms with Crippen molar-refractivity contribution in [1.82, 2.24) is 0 Å². The van der Waals surface area contributed by atoms with Crippen LogP contribution >= 0.6 is 0 Å². The SMILES string of the molecule is COc1cc(-c2cc(-c3cc(C)cc(OC)c3O)c(OC)cc2OC)c(O)c(C(C)(C)C)c1.COc1ccc(-c2cc(C)cc(OC)c2O[Si](C(C)C)(C(C)C)C(C)C)c(OC)c1.COc1ccc(O)c(C(C)(C)C)c1. The number of rotatable bonds is 16. The highest BCUT2D eigenvalue weighted by Gasteiger charge is 2.48. The lowest BCUT2D eigenvalue weighted by Crippen LogP contribution is -2.50. The molecule has 0 aliphatic heterocycles. The summed E-state index contributed by atoms with van der Waals surface area (Å²) in [6, 6.07) is 26.2. The molecule has 12 nitrogen and oxygen atoms in total. The van der Waals surface area contributed by atoms with Gasteiger partial charge in [-0.25, -0.2) is 0 Å². The highest BCUT2D eigenvalue weighted by molar-refractivity contribution is 6.78. The average Bonchev–Trinajstić information content (AvgIpc) is 3.37. The first-order valence-corrected chi connectivity index (χ1v) is 27.8. The van der Waals surface area contributed by atoms with Crippen molar-refractivity contribution in [3.8, 4) is 102 Å². The Bertz CT molecular complexity index is 2890. The summed E-state index contributed by atoms with van der Waals surface area (Å²) in [7, 11) is 10.7. The number of methoxy groups -OCH3 is 8. The molecule has 0 atom stereocenters. The predicted octanol–water partition coefficient (Wildman–Crippen LogP) is 16.0. The maximum Gasteiger partial charge on any atom is 0.258 e. The van der Waals surface area contributed by atoms with Gasteiger partial charge in [0, 0.05) is 56.6 Å². The van der Waals surface area contributed by atoms with Crippen LogP contribution in [0.4, 0.5) is 0 Å². The molecule has 0 aliphatic rings. The fraction of sp³-hybridized carbons (Fsp3) is 0.429. The first kappa shape index (κ1) is 61.7. The molecule has 0 aromatic heterocycles. The van der Waals surface area contributed by atoms with Crippen molar-refractivity contribution in [1.29, 1.82) is 0 Å². The first-order chi connectivity index (χ1) is 35.6. The summed E-state index contributed by atoms with van der Waals surface area (Å²) in [5.74, 6) is 6.34. The van der Waals surface area contributed by atoms with Gasteiger partial charge in [-0.1, -0.05) is 83.1 Å². The molecule has 6 aromatic carbocycles. The monoisotopic (exact) mass is 1060 g/mol. The van der Waals surface area contributed by atoms with Crippen molar-refractivity contribution in [2.75, 3.05) is 56.9 Å². The number of phenolic OH excluding ortho intramolecular Hbond substituents is 3. The van der Waals surface area contributed by atoms with Crippen molar-refractivity contribution in [3.63, 3.8) is 0 Å². The third-order valence-electron chi connectivity index (χ3n) is 13.8. The fourth-order valence-electron chi connectivity index (χ4n) is 9.92. The number of hydrogen-bond acceptors (Lipinski definition) is 12. The topological polar surface area (TPSA) is 144 Å². The van der Waals surface area contributed by atoms with Crippen LogP contribution in [0, 0.1) is 13.8 Å². The van der Waals surface area contributed by atoms with Crippen molar-refractivity contribution in [2.24, 2.45) is 0 Å². The quantitative estimate of drug-likeness (QED) is 0.0794. The Kier molecular flexibility index (Phi) is 20.9.